The maximum absolute atomic E-state index is 12.6. The van der Waals surface area contributed by atoms with E-state index in [1.54, 1.807) is 0 Å². The van der Waals surface area contributed by atoms with Gasteiger partial charge in [-0.2, -0.15) is 0 Å². The van der Waals surface area contributed by atoms with Crippen molar-refractivity contribution >= 4 is 5.91 Å². The van der Waals surface area contributed by atoms with Gasteiger partial charge < -0.3 is 4.90 Å². The Morgan fingerprint density at radius 1 is 1.09 bits per heavy atom. The van der Waals surface area contributed by atoms with E-state index in [1.807, 2.05) is 0 Å². The van der Waals surface area contributed by atoms with Crippen molar-refractivity contribution < 1.29 is 4.79 Å². The predicted molar refractivity (Wildman–Crippen MR) is 89.4 cm³/mol. The van der Waals surface area contributed by atoms with E-state index in [0.717, 1.165) is 51.5 Å². The van der Waals surface area contributed by atoms with E-state index in [9.17, 15) is 4.79 Å². The Labute approximate surface area is 134 Å². The van der Waals surface area contributed by atoms with Gasteiger partial charge in [0.2, 0.25) is 5.91 Å². The lowest BCUT2D eigenvalue weighted by atomic mass is 9.95. The van der Waals surface area contributed by atoms with Crippen LogP contribution in [0.1, 0.15) is 38.2 Å². The fraction of sp³-hybridized carbons (Fsp3) is 0.632. The van der Waals surface area contributed by atoms with Gasteiger partial charge in [0.1, 0.15) is 0 Å². The fourth-order valence-corrected chi connectivity index (χ4v) is 3.80. The molecule has 22 heavy (non-hydrogen) atoms. The van der Waals surface area contributed by atoms with Crippen LogP contribution in [0.2, 0.25) is 0 Å². The molecule has 120 valence electrons. The molecule has 2 aliphatic rings. The monoisotopic (exact) mass is 300 g/mol. The number of rotatable bonds is 4. The van der Waals surface area contributed by atoms with Crippen molar-refractivity contribution in [1.29, 1.82) is 0 Å². The van der Waals surface area contributed by atoms with Crippen molar-refractivity contribution in [2.24, 2.45) is 11.8 Å². The minimum atomic E-state index is 0.266. The van der Waals surface area contributed by atoms with E-state index in [1.165, 1.54) is 18.4 Å². The first kappa shape index (κ1) is 15.5. The summed E-state index contributed by atoms with van der Waals surface area (Å²) in [6.45, 7) is 7.35. The van der Waals surface area contributed by atoms with Crippen LogP contribution in [0.15, 0.2) is 30.3 Å². The number of piperidine rings is 1. The Balaban J connectivity index is 1.46. The predicted octanol–water partition coefficient (Wildman–Crippen LogP) is 3.16. The highest BCUT2D eigenvalue weighted by Crippen LogP contribution is 2.25. The molecule has 3 rings (SSSR count). The van der Waals surface area contributed by atoms with E-state index >= 15 is 0 Å². The first-order valence-electron chi connectivity index (χ1n) is 8.81. The third-order valence-electron chi connectivity index (χ3n) is 5.36. The summed E-state index contributed by atoms with van der Waals surface area (Å²) < 4.78 is 0. The van der Waals surface area contributed by atoms with Crippen molar-refractivity contribution in [3.8, 4) is 0 Å². The SMILES string of the molecule is CCC1CCN(C(=O)C2CCN(Cc3ccccc3)CC2)C1. The van der Waals surface area contributed by atoms with Gasteiger partial charge >= 0.3 is 0 Å². The Morgan fingerprint density at radius 2 is 1.82 bits per heavy atom. The molecule has 1 atom stereocenters. The number of benzene rings is 1. The first-order chi connectivity index (χ1) is 10.8. The highest BCUT2D eigenvalue weighted by molar-refractivity contribution is 5.79. The molecule has 0 aromatic heterocycles. The van der Waals surface area contributed by atoms with Gasteiger partial charge in [0.25, 0.3) is 0 Å². The number of likely N-dealkylation sites (tertiary alicyclic amines) is 2. The molecule has 2 fully saturated rings. The molecule has 2 heterocycles. The van der Waals surface area contributed by atoms with Gasteiger partial charge in [0.05, 0.1) is 0 Å². The first-order valence-corrected chi connectivity index (χ1v) is 8.81. The van der Waals surface area contributed by atoms with Gasteiger partial charge in [-0.15, -0.1) is 0 Å². The van der Waals surface area contributed by atoms with Crippen molar-refractivity contribution in [2.45, 2.75) is 39.2 Å². The smallest absolute Gasteiger partial charge is 0.225 e. The molecular weight excluding hydrogens is 272 g/mol. The van der Waals surface area contributed by atoms with E-state index in [-0.39, 0.29) is 5.92 Å². The van der Waals surface area contributed by atoms with Crippen LogP contribution in [0.4, 0.5) is 0 Å². The zero-order valence-electron chi connectivity index (χ0n) is 13.7. The molecule has 1 unspecified atom stereocenters. The summed E-state index contributed by atoms with van der Waals surface area (Å²) in [4.78, 5) is 17.2. The minimum Gasteiger partial charge on any atom is -0.342 e. The third kappa shape index (κ3) is 3.70. The topological polar surface area (TPSA) is 23.6 Å². The van der Waals surface area contributed by atoms with Crippen molar-refractivity contribution in [2.75, 3.05) is 26.2 Å². The van der Waals surface area contributed by atoms with Crippen molar-refractivity contribution in [3.63, 3.8) is 0 Å². The summed E-state index contributed by atoms with van der Waals surface area (Å²) in [5.41, 5.74) is 1.37. The molecule has 0 N–H and O–H groups in total. The second kappa shape index (κ2) is 7.28. The minimum absolute atomic E-state index is 0.266. The van der Waals surface area contributed by atoms with E-state index in [4.69, 9.17) is 0 Å². The Hall–Kier alpha value is -1.35. The normalized spacial score (nSPS) is 23.9. The van der Waals surface area contributed by atoms with Gasteiger partial charge in [0.15, 0.2) is 0 Å². The van der Waals surface area contributed by atoms with Crippen molar-refractivity contribution in [1.82, 2.24) is 9.80 Å². The molecule has 1 aromatic rings. The Morgan fingerprint density at radius 3 is 2.45 bits per heavy atom. The third-order valence-corrected chi connectivity index (χ3v) is 5.36. The molecule has 3 heteroatoms. The molecule has 0 saturated carbocycles. The standard InChI is InChI=1S/C19H28N2O/c1-2-16-8-13-21(15-16)19(22)18-9-11-20(12-10-18)14-17-6-4-3-5-7-17/h3-7,16,18H,2,8-15H2,1H3. The number of hydrogen-bond acceptors (Lipinski definition) is 2. The van der Waals surface area contributed by atoms with Crippen LogP contribution in [0.25, 0.3) is 0 Å². The molecule has 0 aliphatic carbocycles. The molecule has 0 radical (unpaired) electrons. The van der Waals surface area contributed by atoms with Crippen LogP contribution in [-0.2, 0) is 11.3 Å². The molecular formula is C19H28N2O. The number of amides is 1. The second-order valence-corrected chi connectivity index (χ2v) is 6.88. The lowest BCUT2D eigenvalue weighted by Gasteiger charge is -2.33. The summed E-state index contributed by atoms with van der Waals surface area (Å²) in [6, 6.07) is 10.6. The van der Waals surface area contributed by atoms with Gasteiger partial charge in [-0.25, -0.2) is 0 Å². The molecule has 0 bridgehead atoms. The second-order valence-electron chi connectivity index (χ2n) is 6.88. The summed E-state index contributed by atoms with van der Waals surface area (Å²) >= 11 is 0. The van der Waals surface area contributed by atoms with Crippen molar-refractivity contribution in [3.05, 3.63) is 35.9 Å². The fourth-order valence-electron chi connectivity index (χ4n) is 3.80. The lowest BCUT2D eigenvalue weighted by Crippen LogP contribution is -2.41. The van der Waals surface area contributed by atoms with Gasteiger partial charge in [-0.05, 0) is 43.8 Å². The van der Waals surface area contributed by atoms with Gasteiger partial charge in [-0.1, -0.05) is 43.7 Å². The summed E-state index contributed by atoms with van der Waals surface area (Å²) in [7, 11) is 0. The zero-order chi connectivity index (χ0) is 15.4. The number of nitrogens with zero attached hydrogens (tertiary/aromatic N) is 2. The van der Waals surface area contributed by atoms with Crippen LogP contribution in [0, 0.1) is 11.8 Å². The van der Waals surface area contributed by atoms with E-state index in [0.29, 0.717) is 5.91 Å². The maximum Gasteiger partial charge on any atom is 0.225 e. The quantitative estimate of drug-likeness (QED) is 0.853. The Kier molecular flexibility index (Phi) is 5.14. The van der Waals surface area contributed by atoms with E-state index in [2.05, 4.69) is 47.1 Å². The zero-order valence-corrected chi connectivity index (χ0v) is 13.7. The molecule has 2 saturated heterocycles. The van der Waals surface area contributed by atoms with Crippen LogP contribution in [-0.4, -0.2) is 41.9 Å². The van der Waals surface area contributed by atoms with E-state index < -0.39 is 0 Å². The van der Waals surface area contributed by atoms with Gasteiger partial charge in [0, 0.05) is 25.6 Å². The average molecular weight is 300 g/mol. The number of carbonyl (C=O) groups is 1. The molecule has 3 nitrogen and oxygen atoms in total. The summed E-state index contributed by atoms with van der Waals surface area (Å²) in [5.74, 6) is 1.43. The average Bonchev–Trinajstić information content (AvgIpc) is 3.05. The van der Waals surface area contributed by atoms with Crippen LogP contribution >= 0.6 is 0 Å². The lowest BCUT2D eigenvalue weighted by molar-refractivity contribution is -0.136. The summed E-state index contributed by atoms with van der Waals surface area (Å²) in [6.07, 6.45) is 4.46. The van der Waals surface area contributed by atoms with Gasteiger partial charge in [-0.3, -0.25) is 9.69 Å². The largest absolute Gasteiger partial charge is 0.342 e. The number of hydrogen-bond donors (Lipinski definition) is 0. The molecule has 0 spiro atoms. The van der Waals surface area contributed by atoms with Crippen LogP contribution in [0.5, 0.6) is 0 Å². The molecule has 2 aliphatic heterocycles. The molecule has 1 aromatic carbocycles. The van der Waals surface area contributed by atoms with Crippen LogP contribution < -0.4 is 0 Å². The highest BCUT2D eigenvalue weighted by Gasteiger charge is 2.32. The Bertz CT molecular complexity index is 479. The van der Waals surface area contributed by atoms with Crippen LogP contribution in [0.3, 0.4) is 0 Å². The number of carbonyl (C=O) groups excluding carboxylic acids is 1. The maximum atomic E-state index is 12.6. The highest BCUT2D eigenvalue weighted by atomic mass is 16.2. The molecule has 1 amide bonds. The summed E-state index contributed by atoms with van der Waals surface area (Å²) in [5, 5.41) is 0.